The van der Waals surface area contributed by atoms with Crippen LogP contribution in [0.2, 0.25) is 0 Å². The summed E-state index contributed by atoms with van der Waals surface area (Å²) < 4.78 is 5.79. The zero-order valence-electron chi connectivity index (χ0n) is 12.6. The minimum Gasteiger partial charge on any atom is -0.478 e. The Morgan fingerprint density at radius 1 is 1.32 bits per heavy atom. The summed E-state index contributed by atoms with van der Waals surface area (Å²) in [5.74, 6) is 0.761. The Morgan fingerprint density at radius 3 is 2.68 bits per heavy atom. The summed E-state index contributed by atoms with van der Waals surface area (Å²) in [4.78, 5) is 4.45. The van der Waals surface area contributed by atoms with Gasteiger partial charge >= 0.3 is 0 Å². The fourth-order valence-electron chi connectivity index (χ4n) is 1.89. The van der Waals surface area contributed by atoms with Crippen molar-refractivity contribution in [3.63, 3.8) is 0 Å². The lowest BCUT2D eigenvalue weighted by Crippen LogP contribution is -2.16. The molecule has 2 rings (SSSR count). The summed E-state index contributed by atoms with van der Waals surface area (Å²) in [7, 11) is 0. The van der Waals surface area contributed by atoms with E-state index in [-0.39, 0.29) is 0 Å². The van der Waals surface area contributed by atoms with Crippen molar-refractivity contribution in [2.24, 2.45) is 5.41 Å². The SMILES string of the molecule is Cc1cc(CNC2CC2)cc(OCCC(C)(C)C)n1. The summed E-state index contributed by atoms with van der Waals surface area (Å²) in [6, 6.07) is 4.93. The number of pyridine rings is 1. The fraction of sp³-hybridized carbons (Fsp3) is 0.688. The van der Waals surface area contributed by atoms with Gasteiger partial charge in [-0.3, -0.25) is 0 Å². The van der Waals surface area contributed by atoms with E-state index >= 15 is 0 Å². The third kappa shape index (κ3) is 5.60. The van der Waals surface area contributed by atoms with E-state index in [1.165, 1.54) is 18.4 Å². The van der Waals surface area contributed by atoms with E-state index in [9.17, 15) is 0 Å². The number of nitrogens with one attached hydrogen (secondary N) is 1. The predicted molar refractivity (Wildman–Crippen MR) is 78.4 cm³/mol. The lowest BCUT2D eigenvalue weighted by Gasteiger charge is -2.18. The Hall–Kier alpha value is -1.09. The van der Waals surface area contributed by atoms with Gasteiger partial charge in [-0.2, -0.15) is 0 Å². The summed E-state index contributed by atoms with van der Waals surface area (Å²) >= 11 is 0. The van der Waals surface area contributed by atoms with Crippen molar-refractivity contribution in [2.75, 3.05) is 6.61 Å². The summed E-state index contributed by atoms with van der Waals surface area (Å²) in [5, 5.41) is 3.52. The fourth-order valence-corrected chi connectivity index (χ4v) is 1.89. The lowest BCUT2D eigenvalue weighted by molar-refractivity contribution is 0.236. The van der Waals surface area contributed by atoms with Crippen LogP contribution < -0.4 is 10.1 Å². The average molecular weight is 262 g/mol. The van der Waals surface area contributed by atoms with E-state index in [0.717, 1.165) is 37.2 Å². The molecule has 0 bridgehead atoms. The number of nitrogens with zero attached hydrogens (tertiary/aromatic N) is 1. The second kappa shape index (κ2) is 5.91. The highest BCUT2D eigenvalue weighted by atomic mass is 16.5. The molecule has 0 radical (unpaired) electrons. The maximum atomic E-state index is 5.79. The first-order valence-electron chi connectivity index (χ1n) is 7.26. The highest BCUT2D eigenvalue weighted by Crippen LogP contribution is 2.21. The van der Waals surface area contributed by atoms with Crippen LogP contribution in [-0.4, -0.2) is 17.6 Å². The Kier molecular flexibility index (Phi) is 4.46. The zero-order chi connectivity index (χ0) is 13.9. The average Bonchev–Trinajstić information content (AvgIpc) is 3.07. The van der Waals surface area contributed by atoms with Crippen LogP contribution in [0, 0.1) is 12.3 Å². The summed E-state index contributed by atoms with van der Waals surface area (Å²) in [5.41, 5.74) is 2.60. The zero-order valence-corrected chi connectivity index (χ0v) is 12.6. The molecule has 0 aliphatic heterocycles. The Morgan fingerprint density at radius 2 is 2.05 bits per heavy atom. The molecule has 19 heavy (non-hydrogen) atoms. The molecular weight excluding hydrogens is 236 g/mol. The van der Waals surface area contributed by atoms with Crippen LogP contribution in [0.3, 0.4) is 0 Å². The van der Waals surface area contributed by atoms with Crippen molar-refractivity contribution >= 4 is 0 Å². The van der Waals surface area contributed by atoms with E-state index in [1.54, 1.807) is 0 Å². The van der Waals surface area contributed by atoms with E-state index in [4.69, 9.17) is 4.74 Å². The molecule has 106 valence electrons. The molecular formula is C16H26N2O. The van der Waals surface area contributed by atoms with Crippen LogP contribution in [0.25, 0.3) is 0 Å². The van der Waals surface area contributed by atoms with E-state index in [1.807, 2.05) is 6.92 Å². The second-order valence-corrected chi connectivity index (χ2v) is 6.77. The topological polar surface area (TPSA) is 34.1 Å². The normalized spacial score (nSPS) is 15.6. The molecule has 0 spiro atoms. The van der Waals surface area contributed by atoms with Crippen molar-refractivity contribution < 1.29 is 4.74 Å². The Bertz CT molecular complexity index is 419. The first kappa shape index (κ1) is 14.3. The standard InChI is InChI=1S/C16H26N2O/c1-12-9-13(11-17-14-5-6-14)10-15(18-12)19-8-7-16(2,3)4/h9-10,14,17H,5-8,11H2,1-4H3. The molecule has 0 aromatic carbocycles. The number of hydrogen-bond acceptors (Lipinski definition) is 3. The monoisotopic (exact) mass is 262 g/mol. The van der Waals surface area contributed by atoms with Crippen LogP contribution in [0.1, 0.15) is 51.3 Å². The molecule has 1 aromatic rings. The molecule has 1 aromatic heterocycles. The Balaban J connectivity index is 1.87. The third-order valence-corrected chi connectivity index (χ3v) is 3.26. The predicted octanol–water partition coefficient (Wildman–Crippen LogP) is 3.46. The Labute approximate surface area is 116 Å². The van der Waals surface area contributed by atoms with Crippen LogP contribution in [0.5, 0.6) is 5.88 Å². The maximum absolute atomic E-state index is 5.79. The number of hydrogen-bond donors (Lipinski definition) is 1. The molecule has 1 saturated carbocycles. The van der Waals surface area contributed by atoms with E-state index in [2.05, 4.69) is 43.2 Å². The van der Waals surface area contributed by atoms with E-state index in [0.29, 0.717) is 5.41 Å². The molecule has 1 aliphatic carbocycles. The van der Waals surface area contributed by atoms with Crippen molar-refractivity contribution in [2.45, 2.75) is 59.5 Å². The molecule has 3 nitrogen and oxygen atoms in total. The molecule has 3 heteroatoms. The first-order valence-corrected chi connectivity index (χ1v) is 7.26. The third-order valence-electron chi connectivity index (χ3n) is 3.26. The van der Waals surface area contributed by atoms with Crippen molar-refractivity contribution in [3.05, 3.63) is 23.4 Å². The number of aryl methyl sites for hydroxylation is 1. The van der Waals surface area contributed by atoms with Gasteiger partial charge in [-0.05, 0) is 43.2 Å². The van der Waals surface area contributed by atoms with Gasteiger partial charge in [0.1, 0.15) is 0 Å². The highest BCUT2D eigenvalue weighted by molar-refractivity contribution is 5.24. The molecule has 1 fully saturated rings. The number of ether oxygens (including phenoxy) is 1. The highest BCUT2D eigenvalue weighted by Gasteiger charge is 2.20. The van der Waals surface area contributed by atoms with Crippen molar-refractivity contribution in [3.8, 4) is 5.88 Å². The van der Waals surface area contributed by atoms with E-state index < -0.39 is 0 Å². The van der Waals surface area contributed by atoms with Gasteiger partial charge in [-0.1, -0.05) is 20.8 Å². The van der Waals surface area contributed by atoms with Gasteiger partial charge < -0.3 is 10.1 Å². The molecule has 0 amide bonds. The second-order valence-electron chi connectivity index (χ2n) is 6.77. The summed E-state index contributed by atoms with van der Waals surface area (Å²) in [6.45, 7) is 10.4. The number of aromatic nitrogens is 1. The molecule has 0 unspecified atom stereocenters. The smallest absolute Gasteiger partial charge is 0.213 e. The van der Waals surface area contributed by atoms with Gasteiger partial charge in [-0.25, -0.2) is 4.98 Å². The van der Waals surface area contributed by atoms with Crippen LogP contribution in [0.4, 0.5) is 0 Å². The van der Waals surface area contributed by atoms with Gasteiger partial charge in [0.15, 0.2) is 0 Å². The molecule has 0 saturated heterocycles. The van der Waals surface area contributed by atoms with Crippen LogP contribution in [0.15, 0.2) is 12.1 Å². The summed E-state index contributed by atoms with van der Waals surface area (Å²) in [6.07, 6.45) is 3.68. The van der Waals surface area contributed by atoms with Gasteiger partial charge in [0.2, 0.25) is 5.88 Å². The van der Waals surface area contributed by atoms with Gasteiger partial charge in [0.25, 0.3) is 0 Å². The van der Waals surface area contributed by atoms with Crippen molar-refractivity contribution in [1.29, 1.82) is 0 Å². The van der Waals surface area contributed by atoms with Gasteiger partial charge in [-0.15, -0.1) is 0 Å². The maximum Gasteiger partial charge on any atom is 0.213 e. The first-order chi connectivity index (χ1) is 8.92. The minimum absolute atomic E-state index is 0.306. The molecule has 1 aliphatic rings. The van der Waals surface area contributed by atoms with Crippen LogP contribution >= 0.6 is 0 Å². The molecule has 0 atom stereocenters. The largest absolute Gasteiger partial charge is 0.478 e. The number of rotatable bonds is 6. The van der Waals surface area contributed by atoms with Gasteiger partial charge in [0.05, 0.1) is 6.61 Å². The van der Waals surface area contributed by atoms with Crippen molar-refractivity contribution in [1.82, 2.24) is 10.3 Å². The van der Waals surface area contributed by atoms with Gasteiger partial charge in [0, 0.05) is 24.3 Å². The molecule has 1 heterocycles. The molecule has 1 N–H and O–H groups in total. The van der Waals surface area contributed by atoms with Crippen LogP contribution in [-0.2, 0) is 6.54 Å². The quantitative estimate of drug-likeness (QED) is 0.852. The lowest BCUT2D eigenvalue weighted by atomic mass is 9.93. The minimum atomic E-state index is 0.306.